The van der Waals surface area contributed by atoms with Crippen LogP contribution < -0.4 is 0 Å². The minimum Gasteiger partial charge on any atom is -0.0778 e. The van der Waals surface area contributed by atoms with Crippen molar-refractivity contribution in [1.82, 2.24) is 0 Å². The second kappa shape index (κ2) is 1.24. The van der Waals surface area contributed by atoms with Gasteiger partial charge in [0.15, 0.2) is 0 Å². The number of allylic oxidation sites excluding steroid dienone is 2. The predicted molar refractivity (Wildman–Crippen MR) is 38.6 cm³/mol. The van der Waals surface area contributed by atoms with Gasteiger partial charge in [0.05, 0.1) is 0 Å². The van der Waals surface area contributed by atoms with Crippen LogP contribution in [0.1, 0.15) is 12.8 Å². The molecule has 0 spiro atoms. The second-order valence-electron chi connectivity index (χ2n) is 2.32. The highest BCUT2D eigenvalue weighted by molar-refractivity contribution is 14.1. The van der Waals surface area contributed by atoms with Gasteiger partial charge in [-0.1, -0.05) is 34.2 Å². The van der Waals surface area contributed by atoms with E-state index in [0.29, 0.717) is 0 Å². The molecule has 0 aromatic heterocycles. The van der Waals surface area contributed by atoms with Crippen molar-refractivity contribution in [2.45, 2.75) is 16.8 Å². The van der Waals surface area contributed by atoms with Crippen molar-refractivity contribution in [2.24, 2.45) is 5.92 Å². The Morgan fingerprint density at radius 1 is 1.57 bits per heavy atom. The summed E-state index contributed by atoms with van der Waals surface area (Å²) in [5.74, 6) is 0.974. The van der Waals surface area contributed by atoms with Crippen molar-refractivity contribution in [2.75, 3.05) is 0 Å². The van der Waals surface area contributed by atoms with Crippen LogP contribution in [0.4, 0.5) is 0 Å². The van der Waals surface area contributed by atoms with E-state index in [1.807, 2.05) is 0 Å². The fourth-order valence-electron chi connectivity index (χ4n) is 1.26. The number of rotatable bonds is 0. The average Bonchev–Trinajstić information content (AvgIpc) is 2.33. The molecule has 0 aliphatic heterocycles. The van der Waals surface area contributed by atoms with Gasteiger partial charge in [-0.15, -0.1) is 0 Å². The fraction of sp³-hybridized carbons (Fsp3) is 0.667. The lowest BCUT2D eigenvalue weighted by Gasteiger charge is -1.90. The van der Waals surface area contributed by atoms with Crippen LogP contribution in [0.15, 0.2) is 11.6 Å². The molecule has 2 aliphatic carbocycles. The Morgan fingerprint density at radius 2 is 2.43 bits per heavy atom. The quantitative estimate of drug-likeness (QED) is 0.323. The summed E-state index contributed by atoms with van der Waals surface area (Å²) in [6.45, 7) is 0. The maximum Gasteiger partial charge on any atom is 0.0325 e. The summed E-state index contributed by atoms with van der Waals surface area (Å²) >= 11 is 2.53. The van der Waals surface area contributed by atoms with E-state index in [-0.39, 0.29) is 0 Å². The smallest absolute Gasteiger partial charge is 0.0325 e. The molecule has 0 saturated heterocycles. The number of halogens is 1. The van der Waals surface area contributed by atoms with Crippen LogP contribution in [-0.4, -0.2) is 3.92 Å². The fourth-order valence-corrected chi connectivity index (χ4v) is 2.29. The summed E-state index contributed by atoms with van der Waals surface area (Å²) in [7, 11) is 0. The lowest BCUT2D eigenvalue weighted by molar-refractivity contribution is 0.816. The number of hydrogen-bond acceptors (Lipinski definition) is 0. The molecule has 1 heteroatoms. The molecule has 0 nitrogen and oxygen atoms in total. The topological polar surface area (TPSA) is 0 Å². The van der Waals surface area contributed by atoms with E-state index in [1.165, 1.54) is 12.8 Å². The molecular weight excluding hydrogens is 199 g/mol. The Bertz CT molecular complexity index is 126. The van der Waals surface area contributed by atoms with Crippen molar-refractivity contribution in [3.63, 3.8) is 0 Å². The van der Waals surface area contributed by atoms with Crippen molar-refractivity contribution in [1.29, 1.82) is 0 Å². The Balaban J connectivity index is 2.19. The lowest BCUT2D eigenvalue weighted by Crippen LogP contribution is -1.83. The standard InChI is InChI=1S/C6H7I/c7-6-2-1-4-3-5(4)6/h3-4,6H,1-2H2. The zero-order valence-corrected chi connectivity index (χ0v) is 6.18. The van der Waals surface area contributed by atoms with E-state index in [2.05, 4.69) is 28.7 Å². The van der Waals surface area contributed by atoms with E-state index in [4.69, 9.17) is 0 Å². The molecule has 0 bridgehead atoms. The SMILES string of the molecule is IC1CCC2C=C12. The van der Waals surface area contributed by atoms with Gasteiger partial charge in [0.2, 0.25) is 0 Å². The maximum absolute atomic E-state index is 2.53. The Morgan fingerprint density at radius 3 is 2.57 bits per heavy atom. The molecule has 0 aromatic carbocycles. The molecule has 0 radical (unpaired) electrons. The average molecular weight is 206 g/mol. The molecule has 2 rings (SSSR count). The van der Waals surface area contributed by atoms with E-state index < -0.39 is 0 Å². The largest absolute Gasteiger partial charge is 0.0778 e. The van der Waals surface area contributed by atoms with E-state index >= 15 is 0 Å². The molecule has 2 atom stereocenters. The zero-order valence-electron chi connectivity index (χ0n) is 4.02. The highest BCUT2D eigenvalue weighted by atomic mass is 127. The van der Waals surface area contributed by atoms with Gasteiger partial charge in [0, 0.05) is 3.92 Å². The summed E-state index contributed by atoms with van der Waals surface area (Å²) in [6, 6.07) is 0. The first-order valence-corrected chi connectivity index (χ1v) is 3.98. The van der Waals surface area contributed by atoms with Crippen LogP contribution in [0.5, 0.6) is 0 Å². The molecule has 0 N–H and O–H groups in total. The highest BCUT2D eigenvalue weighted by Crippen LogP contribution is 2.47. The molecule has 38 valence electrons. The van der Waals surface area contributed by atoms with E-state index in [1.54, 1.807) is 5.57 Å². The van der Waals surface area contributed by atoms with Gasteiger partial charge in [0.25, 0.3) is 0 Å². The number of alkyl halides is 1. The van der Waals surface area contributed by atoms with Crippen LogP contribution in [0, 0.1) is 5.92 Å². The minimum absolute atomic E-state index is 0.919. The van der Waals surface area contributed by atoms with Gasteiger partial charge in [-0.3, -0.25) is 0 Å². The third-order valence-corrected chi connectivity index (χ3v) is 3.15. The van der Waals surface area contributed by atoms with Gasteiger partial charge in [-0.05, 0) is 18.8 Å². The summed E-state index contributed by atoms with van der Waals surface area (Å²) in [5.41, 5.74) is 1.74. The van der Waals surface area contributed by atoms with Crippen molar-refractivity contribution in [3.8, 4) is 0 Å². The van der Waals surface area contributed by atoms with Gasteiger partial charge < -0.3 is 0 Å². The van der Waals surface area contributed by atoms with E-state index in [9.17, 15) is 0 Å². The Hall–Kier alpha value is 0.470. The minimum atomic E-state index is 0.919. The first kappa shape index (κ1) is 4.36. The molecule has 7 heavy (non-hydrogen) atoms. The second-order valence-corrected chi connectivity index (χ2v) is 3.82. The maximum atomic E-state index is 2.53. The van der Waals surface area contributed by atoms with Gasteiger partial charge in [-0.25, -0.2) is 0 Å². The predicted octanol–water partition coefficient (Wildman–Crippen LogP) is 2.14. The van der Waals surface area contributed by atoms with Gasteiger partial charge >= 0.3 is 0 Å². The molecule has 2 aliphatic rings. The van der Waals surface area contributed by atoms with Crippen LogP contribution >= 0.6 is 22.6 Å². The summed E-state index contributed by atoms with van der Waals surface area (Å²) in [4.78, 5) is 0. The molecule has 0 aromatic rings. The van der Waals surface area contributed by atoms with Crippen molar-refractivity contribution in [3.05, 3.63) is 11.6 Å². The molecule has 2 unspecified atom stereocenters. The Kier molecular flexibility index (Phi) is 0.775. The number of hydrogen-bond donors (Lipinski definition) is 0. The molecule has 1 saturated carbocycles. The summed E-state index contributed by atoms with van der Waals surface area (Å²) < 4.78 is 0.919. The van der Waals surface area contributed by atoms with Crippen molar-refractivity contribution < 1.29 is 0 Å². The monoisotopic (exact) mass is 206 g/mol. The van der Waals surface area contributed by atoms with Crippen LogP contribution in [-0.2, 0) is 0 Å². The molecule has 0 heterocycles. The summed E-state index contributed by atoms with van der Waals surface area (Å²) in [6.07, 6.45) is 5.29. The Labute approximate surface area is 57.1 Å². The van der Waals surface area contributed by atoms with Crippen LogP contribution in [0.2, 0.25) is 0 Å². The number of fused-ring (bicyclic) bond motifs is 1. The van der Waals surface area contributed by atoms with Gasteiger partial charge in [-0.2, -0.15) is 0 Å². The third kappa shape index (κ3) is 0.540. The molecule has 1 fully saturated rings. The first-order chi connectivity index (χ1) is 3.38. The summed E-state index contributed by atoms with van der Waals surface area (Å²) in [5, 5.41) is 0. The normalized spacial score (nSPS) is 45.6. The highest BCUT2D eigenvalue weighted by Gasteiger charge is 2.35. The van der Waals surface area contributed by atoms with Crippen molar-refractivity contribution >= 4 is 22.6 Å². The van der Waals surface area contributed by atoms with Crippen LogP contribution in [0.3, 0.4) is 0 Å². The van der Waals surface area contributed by atoms with Crippen LogP contribution in [0.25, 0.3) is 0 Å². The molecular formula is C6H7I. The molecule has 0 amide bonds. The zero-order chi connectivity index (χ0) is 4.85. The lowest BCUT2D eigenvalue weighted by atomic mass is 10.3. The van der Waals surface area contributed by atoms with E-state index in [0.717, 1.165) is 9.84 Å². The third-order valence-electron chi connectivity index (χ3n) is 1.81. The first-order valence-electron chi connectivity index (χ1n) is 2.73. The van der Waals surface area contributed by atoms with Gasteiger partial charge in [0.1, 0.15) is 0 Å².